The zero-order valence-electron chi connectivity index (χ0n) is 14.1. The van der Waals surface area contributed by atoms with Gasteiger partial charge in [-0.05, 0) is 30.7 Å². The number of hydrogen-bond acceptors (Lipinski definition) is 4. The quantitative estimate of drug-likeness (QED) is 0.743. The Bertz CT molecular complexity index is 454. The molecule has 0 bridgehead atoms. The molecule has 0 aromatic heterocycles. The van der Waals surface area contributed by atoms with Gasteiger partial charge >= 0.3 is 0 Å². The van der Waals surface area contributed by atoms with Crippen molar-refractivity contribution in [2.75, 3.05) is 19.4 Å². The molecule has 1 N–H and O–H groups in total. The van der Waals surface area contributed by atoms with Crippen molar-refractivity contribution in [3.8, 4) is 11.5 Å². The van der Waals surface area contributed by atoms with E-state index >= 15 is 0 Å². The van der Waals surface area contributed by atoms with Crippen LogP contribution in [0.1, 0.15) is 34.1 Å². The number of amides is 1. The third-order valence-corrected chi connectivity index (χ3v) is 4.21. The largest absolute Gasteiger partial charge is 0.497 e. The molecule has 0 saturated heterocycles. The molecule has 0 heterocycles. The summed E-state index contributed by atoms with van der Waals surface area (Å²) < 4.78 is 11.1. The van der Waals surface area contributed by atoms with Crippen molar-refractivity contribution in [3.05, 3.63) is 24.3 Å². The fourth-order valence-corrected chi connectivity index (χ4v) is 2.60. The minimum Gasteiger partial charge on any atom is -0.497 e. The average Bonchev–Trinajstić information content (AvgIpc) is 2.48. The Morgan fingerprint density at radius 1 is 1.23 bits per heavy atom. The summed E-state index contributed by atoms with van der Waals surface area (Å²) in [6.07, 6.45) is 0.164. The van der Waals surface area contributed by atoms with Crippen molar-refractivity contribution in [1.29, 1.82) is 0 Å². The summed E-state index contributed by atoms with van der Waals surface area (Å²) in [5.74, 6) is 2.28. The molecular formula is C17H27NO3S. The number of methoxy groups -OCH3 is 1. The normalized spacial score (nSPS) is 12.6. The molecule has 1 aromatic rings. The van der Waals surface area contributed by atoms with Crippen LogP contribution in [-0.2, 0) is 4.79 Å². The molecule has 5 heteroatoms. The second kappa shape index (κ2) is 8.93. The van der Waals surface area contributed by atoms with E-state index in [-0.39, 0.29) is 10.7 Å². The first-order chi connectivity index (χ1) is 10.4. The van der Waals surface area contributed by atoms with Crippen molar-refractivity contribution in [2.45, 2.75) is 45.0 Å². The topological polar surface area (TPSA) is 47.6 Å². The number of hydrogen-bond donors (Lipinski definition) is 1. The number of carbonyl (C=O) groups is 1. The highest BCUT2D eigenvalue weighted by Crippen LogP contribution is 2.22. The van der Waals surface area contributed by atoms with Crippen LogP contribution in [0.4, 0.5) is 0 Å². The summed E-state index contributed by atoms with van der Waals surface area (Å²) in [5.41, 5.74) is 0. The number of benzene rings is 1. The first-order valence-corrected chi connectivity index (χ1v) is 8.56. The Kier molecular flexibility index (Phi) is 7.59. The van der Waals surface area contributed by atoms with E-state index in [4.69, 9.17) is 9.47 Å². The van der Waals surface area contributed by atoms with Crippen molar-refractivity contribution in [3.63, 3.8) is 0 Å². The van der Waals surface area contributed by atoms with E-state index < -0.39 is 6.10 Å². The second-order valence-electron chi connectivity index (χ2n) is 5.94. The second-order valence-corrected chi connectivity index (χ2v) is 7.86. The molecule has 124 valence electrons. The molecule has 1 aromatic carbocycles. The van der Waals surface area contributed by atoms with Gasteiger partial charge in [-0.25, -0.2) is 0 Å². The van der Waals surface area contributed by atoms with Gasteiger partial charge in [0.15, 0.2) is 6.10 Å². The van der Waals surface area contributed by atoms with E-state index in [1.807, 2.05) is 43.0 Å². The summed E-state index contributed by atoms with van der Waals surface area (Å²) in [6.45, 7) is 9.10. The summed E-state index contributed by atoms with van der Waals surface area (Å²) >= 11 is 1.83. The lowest BCUT2D eigenvalue weighted by molar-refractivity contribution is -0.127. The zero-order valence-corrected chi connectivity index (χ0v) is 15.0. The van der Waals surface area contributed by atoms with Gasteiger partial charge in [0, 0.05) is 17.0 Å². The maximum Gasteiger partial charge on any atom is 0.261 e. The lowest BCUT2D eigenvalue weighted by atomic mass is 10.2. The van der Waals surface area contributed by atoms with Crippen molar-refractivity contribution >= 4 is 17.7 Å². The van der Waals surface area contributed by atoms with Crippen LogP contribution in [-0.4, -0.2) is 36.2 Å². The van der Waals surface area contributed by atoms with Crippen LogP contribution < -0.4 is 14.8 Å². The van der Waals surface area contributed by atoms with E-state index in [0.717, 1.165) is 11.5 Å². The third-order valence-electron chi connectivity index (χ3n) is 2.94. The smallest absolute Gasteiger partial charge is 0.261 e. The maximum absolute atomic E-state index is 12.2. The van der Waals surface area contributed by atoms with E-state index in [9.17, 15) is 4.79 Å². The Labute approximate surface area is 138 Å². The molecule has 1 amide bonds. The summed E-state index contributed by atoms with van der Waals surface area (Å²) in [4.78, 5) is 12.2. The molecule has 1 atom stereocenters. The number of ether oxygens (including phenoxy) is 2. The van der Waals surface area contributed by atoms with Gasteiger partial charge in [-0.15, -0.1) is 0 Å². The fraction of sp³-hybridized carbons (Fsp3) is 0.588. The van der Waals surface area contributed by atoms with Gasteiger partial charge in [0.1, 0.15) is 11.5 Å². The molecule has 0 spiro atoms. The van der Waals surface area contributed by atoms with Crippen LogP contribution >= 0.6 is 11.8 Å². The number of thioether (sulfide) groups is 1. The van der Waals surface area contributed by atoms with Gasteiger partial charge in [-0.3, -0.25) is 4.79 Å². The van der Waals surface area contributed by atoms with Crippen LogP contribution in [0.25, 0.3) is 0 Å². The van der Waals surface area contributed by atoms with Crippen LogP contribution in [0.2, 0.25) is 0 Å². The highest BCUT2D eigenvalue weighted by atomic mass is 32.2. The molecule has 0 aliphatic heterocycles. The number of rotatable bonds is 8. The summed E-state index contributed by atoms with van der Waals surface area (Å²) in [6, 6.07) is 7.26. The van der Waals surface area contributed by atoms with E-state index in [0.29, 0.717) is 18.7 Å². The van der Waals surface area contributed by atoms with Crippen molar-refractivity contribution < 1.29 is 14.3 Å². The zero-order chi connectivity index (χ0) is 16.6. The third kappa shape index (κ3) is 7.07. The van der Waals surface area contributed by atoms with E-state index in [1.54, 1.807) is 7.11 Å². The highest BCUT2D eigenvalue weighted by Gasteiger charge is 2.18. The molecule has 0 fully saturated rings. The summed E-state index contributed by atoms with van der Waals surface area (Å²) in [5, 5.41) is 2.94. The number of nitrogens with one attached hydrogen (secondary N) is 1. The Hall–Kier alpha value is -1.36. The average molecular weight is 325 g/mol. The SMILES string of the molecule is CC[C@H](Oc1ccc(OC)cc1)C(=O)NCCSC(C)(C)C. The van der Waals surface area contributed by atoms with E-state index in [2.05, 4.69) is 26.1 Å². The minimum absolute atomic E-state index is 0.0622. The molecule has 0 radical (unpaired) electrons. The van der Waals surface area contributed by atoms with Gasteiger partial charge < -0.3 is 14.8 Å². The molecule has 0 saturated carbocycles. The first kappa shape index (κ1) is 18.7. The van der Waals surface area contributed by atoms with Crippen molar-refractivity contribution in [2.24, 2.45) is 0 Å². The van der Waals surface area contributed by atoms with Gasteiger partial charge in [-0.2, -0.15) is 11.8 Å². The molecular weight excluding hydrogens is 298 g/mol. The summed E-state index contributed by atoms with van der Waals surface area (Å²) in [7, 11) is 1.62. The molecule has 0 aliphatic rings. The lowest BCUT2D eigenvalue weighted by Crippen LogP contribution is -2.39. The standard InChI is InChI=1S/C17H27NO3S/c1-6-15(16(19)18-11-12-22-17(2,3)4)21-14-9-7-13(20-5)8-10-14/h7-10,15H,6,11-12H2,1-5H3,(H,18,19)/t15-/m0/s1. The first-order valence-electron chi connectivity index (χ1n) is 7.58. The predicted octanol–water partition coefficient (Wildman–Crippen LogP) is 3.50. The van der Waals surface area contributed by atoms with Crippen molar-refractivity contribution in [1.82, 2.24) is 5.32 Å². The predicted molar refractivity (Wildman–Crippen MR) is 92.9 cm³/mol. The van der Waals surface area contributed by atoms with Crippen LogP contribution in [0.15, 0.2) is 24.3 Å². The minimum atomic E-state index is -0.465. The van der Waals surface area contributed by atoms with Gasteiger partial charge in [0.05, 0.1) is 7.11 Å². The van der Waals surface area contributed by atoms with Gasteiger partial charge in [-0.1, -0.05) is 27.7 Å². The molecule has 1 rings (SSSR count). The van der Waals surface area contributed by atoms with Crippen LogP contribution in [0, 0.1) is 0 Å². The molecule has 0 aliphatic carbocycles. The maximum atomic E-state index is 12.2. The number of carbonyl (C=O) groups excluding carboxylic acids is 1. The Morgan fingerprint density at radius 3 is 2.32 bits per heavy atom. The molecule has 4 nitrogen and oxygen atoms in total. The molecule has 0 unspecified atom stereocenters. The monoisotopic (exact) mass is 325 g/mol. The van der Waals surface area contributed by atoms with E-state index in [1.165, 1.54) is 0 Å². The Morgan fingerprint density at radius 2 is 1.82 bits per heavy atom. The lowest BCUT2D eigenvalue weighted by Gasteiger charge is -2.19. The van der Waals surface area contributed by atoms with Gasteiger partial charge in [0.25, 0.3) is 5.91 Å². The van der Waals surface area contributed by atoms with Crippen LogP contribution in [0.3, 0.4) is 0 Å². The fourth-order valence-electron chi connectivity index (χ4n) is 1.79. The molecule has 22 heavy (non-hydrogen) atoms. The van der Waals surface area contributed by atoms with Gasteiger partial charge in [0.2, 0.25) is 0 Å². The highest BCUT2D eigenvalue weighted by molar-refractivity contribution is 8.00. The Balaban J connectivity index is 2.43. The van der Waals surface area contributed by atoms with Crippen LogP contribution in [0.5, 0.6) is 11.5 Å².